The van der Waals surface area contributed by atoms with E-state index in [1.54, 1.807) is 13.0 Å². The van der Waals surface area contributed by atoms with Crippen molar-refractivity contribution < 1.29 is 9.18 Å². The molecule has 0 aliphatic carbocycles. The van der Waals surface area contributed by atoms with Crippen LogP contribution < -0.4 is 10.6 Å². The molecule has 128 valence electrons. The van der Waals surface area contributed by atoms with E-state index < -0.39 is 0 Å². The number of rotatable bonds is 6. The maximum Gasteiger partial charge on any atom is 0.238 e. The first-order valence-corrected chi connectivity index (χ1v) is 8.46. The summed E-state index contributed by atoms with van der Waals surface area (Å²) in [6.07, 6.45) is 2.16. The third kappa shape index (κ3) is 5.92. The maximum absolute atomic E-state index is 13.1. The molecule has 2 rings (SSSR count). The zero-order valence-corrected chi connectivity index (χ0v) is 14.4. The number of anilines is 1. The normalized spacial score (nSPS) is 16.7. The Hall–Kier alpha value is -1.46. The van der Waals surface area contributed by atoms with Crippen LogP contribution in [0.5, 0.6) is 0 Å². The summed E-state index contributed by atoms with van der Waals surface area (Å²) in [6.45, 7) is 9.90. The van der Waals surface area contributed by atoms with Gasteiger partial charge in [-0.1, -0.05) is 13.8 Å². The Bertz CT molecular complexity index is 525. The third-order valence-electron chi connectivity index (χ3n) is 4.22. The second-order valence-electron chi connectivity index (χ2n) is 6.86. The minimum atomic E-state index is -0.285. The lowest BCUT2D eigenvalue weighted by atomic mass is 10.0. The quantitative estimate of drug-likeness (QED) is 0.847. The number of hydrogen-bond acceptors (Lipinski definition) is 3. The van der Waals surface area contributed by atoms with Crippen molar-refractivity contribution in [3.05, 3.63) is 29.6 Å². The summed E-state index contributed by atoms with van der Waals surface area (Å²) < 4.78 is 13.1. The van der Waals surface area contributed by atoms with E-state index in [1.807, 2.05) is 0 Å². The van der Waals surface area contributed by atoms with E-state index in [1.165, 1.54) is 12.1 Å². The van der Waals surface area contributed by atoms with Crippen molar-refractivity contribution in [1.29, 1.82) is 0 Å². The summed E-state index contributed by atoms with van der Waals surface area (Å²) in [4.78, 5) is 14.5. The van der Waals surface area contributed by atoms with Gasteiger partial charge in [0.1, 0.15) is 5.82 Å². The average molecular weight is 321 g/mol. The molecular weight excluding hydrogens is 293 g/mol. The number of nitrogens with zero attached hydrogens (tertiary/aromatic N) is 1. The fourth-order valence-corrected chi connectivity index (χ4v) is 3.03. The lowest BCUT2D eigenvalue weighted by Crippen LogP contribution is -2.45. The third-order valence-corrected chi connectivity index (χ3v) is 4.22. The fourth-order valence-electron chi connectivity index (χ4n) is 3.03. The summed E-state index contributed by atoms with van der Waals surface area (Å²) in [7, 11) is 0. The van der Waals surface area contributed by atoms with Crippen LogP contribution in [0.4, 0.5) is 10.1 Å². The van der Waals surface area contributed by atoms with Gasteiger partial charge in [-0.25, -0.2) is 4.39 Å². The molecule has 0 radical (unpaired) electrons. The lowest BCUT2D eigenvalue weighted by molar-refractivity contribution is -0.115. The maximum atomic E-state index is 13.1. The average Bonchev–Trinajstić information content (AvgIpc) is 2.49. The molecule has 0 aromatic heterocycles. The van der Waals surface area contributed by atoms with Crippen molar-refractivity contribution in [1.82, 2.24) is 10.2 Å². The van der Waals surface area contributed by atoms with E-state index >= 15 is 0 Å². The van der Waals surface area contributed by atoms with Crippen molar-refractivity contribution in [2.24, 2.45) is 5.92 Å². The van der Waals surface area contributed by atoms with Gasteiger partial charge >= 0.3 is 0 Å². The Balaban J connectivity index is 1.71. The molecule has 1 aromatic carbocycles. The van der Waals surface area contributed by atoms with E-state index in [4.69, 9.17) is 0 Å². The van der Waals surface area contributed by atoms with Crippen LogP contribution in [0.25, 0.3) is 0 Å². The van der Waals surface area contributed by atoms with Crippen LogP contribution in [0, 0.1) is 18.7 Å². The molecule has 0 atom stereocenters. The van der Waals surface area contributed by atoms with Crippen molar-refractivity contribution in [2.45, 2.75) is 39.7 Å². The molecule has 0 unspecified atom stereocenters. The number of hydrogen-bond donors (Lipinski definition) is 2. The lowest BCUT2D eigenvalue weighted by Gasteiger charge is -2.33. The molecular formula is C18H28FN3O. The highest BCUT2D eigenvalue weighted by Crippen LogP contribution is 2.15. The molecule has 0 saturated carbocycles. The minimum absolute atomic E-state index is 0.0793. The van der Waals surface area contributed by atoms with Crippen molar-refractivity contribution >= 4 is 11.6 Å². The first-order valence-electron chi connectivity index (χ1n) is 8.46. The monoisotopic (exact) mass is 321 g/mol. The molecule has 1 aliphatic heterocycles. The summed E-state index contributed by atoms with van der Waals surface area (Å²) in [5.74, 6) is 0.334. The molecule has 1 amide bonds. The largest absolute Gasteiger partial charge is 0.325 e. The highest BCUT2D eigenvalue weighted by Gasteiger charge is 2.19. The van der Waals surface area contributed by atoms with Crippen LogP contribution in [-0.4, -0.2) is 43.0 Å². The number of carbonyl (C=O) groups excluding carboxylic acids is 1. The van der Waals surface area contributed by atoms with Crippen LogP contribution in [0.15, 0.2) is 18.2 Å². The zero-order chi connectivity index (χ0) is 16.8. The first kappa shape index (κ1) is 17.9. The number of halogens is 1. The number of likely N-dealkylation sites (tertiary alicyclic amines) is 1. The minimum Gasteiger partial charge on any atom is -0.325 e. The van der Waals surface area contributed by atoms with Crippen molar-refractivity contribution in [3.63, 3.8) is 0 Å². The summed E-state index contributed by atoms with van der Waals surface area (Å²) in [6, 6.07) is 4.79. The predicted octanol–water partition coefficient (Wildman–Crippen LogP) is 2.78. The number of carbonyl (C=O) groups is 1. The van der Waals surface area contributed by atoms with E-state index in [9.17, 15) is 9.18 Å². The topological polar surface area (TPSA) is 44.4 Å². The predicted molar refractivity (Wildman–Crippen MR) is 92.1 cm³/mol. The fraction of sp³-hybridized carbons (Fsp3) is 0.611. The molecule has 23 heavy (non-hydrogen) atoms. The summed E-state index contributed by atoms with van der Waals surface area (Å²) in [5, 5.41) is 6.17. The Morgan fingerprint density at radius 3 is 2.65 bits per heavy atom. The first-order chi connectivity index (χ1) is 10.9. The highest BCUT2D eigenvalue weighted by molar-refractivity contribution is 5.92. The van der Waals surface area contributed by atoms with E-state index in [0.717, 1.165) is 38.0 Å². The van der Waals surface area contributed by atoms with Gasteiger partial charge in [-0.3, -0.25) is 4.79 Å². The number of benzene rings is 1. The smallest absolute Gasteiger partial charge is 0.238 e. The second-order valence-corrected chi connectivity index (χ2v) is 6.86. The molecule has 0 spiro atoms. The molecule has 1 fully saturated rings. The van der Waals surface area contributed by atoms with Crippen LogP contribution in [-0.2, 0) is 4.79 Å². The molecule has 4 nitrogen and oxygen atoms in total. The zero-order valence-electron chi connectivity index (χ0n) is 14.4. The number of nitrogens with one attached hydrogen (secondary N) is 2. The summed E-state index contributed by atoms with van der Waals surface area (Å²) in [5.41, 5.74) is 1.41. The van der Waals surface area contributed by atoms with Gasteiger partial charge in [-0.05, 0) is 62.5 Å². The van der Waals surface area contributed by atoms with Gasteiger partial charge in [-0.15, -0.1) is 0 Å². The standard InChI is InChI=1S/C18H28FN3O/c1-13(2)12-22-8-6-16(7-9-22)20-11-18(23)21-17-5-4-15(19)10-14(17)3/h4-5,10,13,16,20H,6-9,11-12H2,1-3H3,(H,21,23). The molecule has 5 heteroatoms. The highest BCUT2D eigenvalue weighted by atomic mass is 19.1. The second kappa shape index (κ2) is 8.41. The Labute approximate surface area is 138 Å². The Morgan fingerprint density at radius 2 is 2.04 bits per heavy atom. The molecule has 2 N–H and O–H groups in total. The van der Waals surface area contributed by atoms with Gasteiger partial charge < -0.3 is 15.5 Å². The van der Waals surface area contributed by atoms with Gasteiger partial charge in [0.05, 0.1) is 6.54 Å². The molecule has 1 aromatic rings. The van der Waals surface area contributed by atoms with E-state index in [-0.39, 0.29) is 11.7 Å². The van der Waals surface area contributed by atoms with Crippen molar-refractivity contribution in [2.75, 3.05) is 31.5 Å². The molecule has 1 heterocycles. The molecule has 1 saturated heterocycles. The molecule has 0 bridgehead atoms. The van der Waals surface area contributed by atoms with Crippen LogP contribution in [0.3, 0.4) is 0 Å². The number of amides is 1. The van der Waals surface area contributed by atoms with Gasteiger partial charge in [0.25, 0.3) is 0 Å². The SMILES string of the molecule is Cc1cc(F)ccc1NC(=O)CNC1CCN(CC(C)C)CC1. The van der Waals surface area contributed by atoms with Gasteiger partial charge in [0.2, 0.25) is 5.91 Å². The van der Waals surface area contributed by atoms with E-state index in [0.29, 0.717) is 24.2 Å². The number of piperidine rings is 1. The van der Waals surface area contributed by atoms with Gasteiger partial charge in [0.15, 0.2) is 0 Å². The van der Waals surface area contributed by atoms with E-state index in [2.05, 4.69) is 29.4 Å². The van der Waals surface area contributed by atoms with Crippen LogP contribution in [0.1, 0.15) is 32.3 Å². The summed E-state index contributed by atoms with van der Waals surface area (Å²) >= 11 is 0. The number of aryl methyl sites for hydroxylation is 1. The van der Waals surface area contributed by atoms with Crippen LogP contribution in [0.2, 0.25) is 0 Å². The Kier molecular flexibility index (Phi) is 6.54. The Morgan fingerprint density at radius 1 is 1.35 bits per heavy atom. The van der Waals surface area contributed by atoms with Crippen LogP contribution >= 0.6 is 0 Å². The van der Waals surface area contributed by atoms with Gasteiger partial charge in [-0.2, -0.15) is 0 Å². The molecule has 1 aliphatic rings. The van der Waals surface area contributed by atoms with Crippen molar-refractivity contribution in [3.8, 4) is 0 Å². The van der Waals surface area contributed by atoms with Gasteiger partial charge in [0, 0.05) is 18.3 Å².